The lowest BCUT2D eigenvalue weighted by Crippen LogP contribution is -2.49. The van der Waals surface area contributed by atoms with Crippen LogP contribution in [0.2, 0.25) is 0 Å². The average Bonchev–Trinajstić information content (AvgIpc) is 2.68. The number of aromatic nitrogens is 2. The van der Waals surface area contributed by atoms with E-state index in [0.29, 0.717) is 18.7 Å². The molecule has 2 aromatic rings. The molecule has 0 saturated carbocycles. The van der Waals surface area contributed by atoms with E-state index in [9.17, 15) is 9.59 Å². The van der Waals surface area contributed by atoms with Gasteiger partial charge >= 0.3 is 6.03 Å². The number of aryl methyl sites for hydroxylation is 1. The van der Waals surface area contributed by atoms with Crippen molar-refractivity contribution in [3.05, 3.63) is 22.8 Å². The van der Waals surface area contributed by atoms with Gasteiger partial charge < -0.3 is 0 Å². The summed E-state index contributed by atoms with van der Waals surface area (Å²) in [6.45, 7) is 0.368. The molecule has 7 heteroatoms. The number of hydrogen-bond acceptors (Lipinski definition) is 3. The van der Waals surface area contributed by atoms with Gasteiger partial charge in [-0.05, 0) is 12.1 Å². The van der Waals surface area contributed by atoms with Gasteiger partial charge in [0.25, 0.3) is 0 Å². The Labute approximate surface area is 117 Å². The van der Waals surface area contributed by atoms with Crippen molar-refractivity contribution in [3.8, 4) is 0 Å². The van der Waals surface area contributed by atoms with E-state index in [1.807, 2.05) is 25.4 Å². The Morgan fingerprint density at radius 1 is 1.37 bits per heavy atom. The molecule has 0 radical (unpaired) electrons. The summed E-state index contributed by atoms with van der Waals surface area (Å²) < 4.78 is 2.57. The van der Waals surface area contributed by atoms with Crippen LogP contribution in [-0.4, -0.2) is 28.3 Å². The number of nitrogens with zero attached hydrogens (tertiary/aromatic N) is 3. The standard InChI is InChI=1S/C12H11BrN4O2/c1-16-6-7-4-8(13)5-9(11(7)15-16)17-3-2-10(18)14-12(17)19/h4-6H,2-3H2,1H3,(H,14,18,19). The van der Waals surface area contributed by atoms with Gasteiger partial charge in [-0.3, -0.25) is 19.7 Å². The van der Waals surface area contributed by atoms with Gasteiger partial charge in [0, 0.05) is 36.1 Å². The number of nitrogens with one attached hydrogen (secondary N) is 1. The van der Waals surface area contributed by atoms with Crippen molar-refractivity contribution in [2.24, 2.45) is 7.05 Å². The number of hydrogen-bond donors (Lipinski definition) is 1. The van der Waals surface area contributed by atoms with Gasteiger partial charge in [0.05, 0.1) is 5.69 Å². The van der Waals surface area contributed by atoms with Gasteiger partial charge in [-0.15, -0.1) is 0 Å². The Balaban J connectivity index is 2.13. The molecule has 1 aliphatic rings. The molecular weight excluding hydrogens is 312 g/mol. The normalized spacial score (nSPS) is 16.0. The van der Waals surface area contributed by atoms with Crippen LogP contribution in [0.1, 0.15) is 6.42 Å². The van der Waals surface area contributed by atoms with E-state index in [4.69, 9.17) is 0 Å². The number of rotatable bonds is 1. The van der Waals surface area contributed by atoms with Crippen LogP contribution in [0.3, 0.4) is 0 Å². The fourth-order valence-electron chi connectivity index (χ4n) is 2.20. The highest BCUT2D eigenvalue weighted by Gasteiger charge is 2.26. The molecule has 0 bridgehead atoms. The van der Waals surface area contributed by atoms with E-state index in [2.05, 4.69) is 26.3 Å². The number of urea groups is 1. The van der Waals surface area contributed by atoms with E-state index in [1.54, 1.807) is 9.58 Å². The molecular formula is C12H11BrN4O2. The topological polar surface area (TPSA) is 67.2 Å². The third kappa shape index (κ3) is 2.10. The van der Waals surface area contributed by atoms with Crippen LogP contribution >= 0.6 is 15.9 Å². The molecule has 1 fully saturated rings. The molecule has 1 aromatic carbocycles. The second-order valence-corrected chi connectivity index (χ2v) is 5.34. The van der Waals surface area contributed by atoms with Gasteiger partial charge in [-0.25, -0.2) is 4.79 Å². The summed E-state index contributed by atoms with van der Waals surface area (Å²) in [6, 6.07) is 3.38. The van der Waals surface area contributed by atoms with Crippen molar-refractivity contribution in [1.29, 1.82) is 0 Å². The predicted octanol–water partition coefficient (Wildman–Crippen LogP) is 1.78. The van der Waals surface area contributed by atoms with Crippen LogP contribution in [0.25, 0.3) is 10.9 Å². The molecule has 0 atom stereocenters. The SMILES string of the molecule is Cn1cc2cc(Br)cc(N3CCC(=O)NC3=O)c2n1. The summed E-state index contributed by atoms with van der Waals surface area (Å²) in [4.78, 5) is 24.7. The minimum atomic E-state index is -0.402. The van der Waals surface area contributed by atoms with Crippen molar-refractivity contribution >= 4 is 44.5 Å². The number of anilines is 1. The number of carbonyl (C=O) groups is 2. The molecule has 1 saturated heterocycles. The van der Waals surface area contributed by atoms with E-state index in [-0.39, 0.29) is 5.91 Å². The summed E-state index contributed by atoms with van der Waals surface area (Å²) in [5, 5.41) is 7.63. The Kier molecular flexibility index (Phi) is 2.78. The first-order valence-corrected chi connectivity index (χ1v) is 6.58. The summed E-state index contributed by atoms with van der Waals surface area (Å²) in [5.41, 5.74) is 1.45. The van der Waals surface area contributed by atoms with Gasteiger partial charge in [0.15, 0.2) is 0 Å². The largest absolute Gasteiger partial charge is 0.328 e. The second kappa shape index (κ2) is 4.34. The Morgan fingerprint density at radius 2 is 2.16 bits per heavy atom. The summed E-state index contributed by atoms with van der Waals surface area (Å²) in [5.74, 6) is -0.242. The molecule has 1 aromatic heterocycles. The van der Waals surface area contributed by atoms with E-state index >= 15 is 0 Å². The van der Waals surface area contributed by atoms with Crippen LogP contribution in [0.15, 0.2) is 22.8 Å². The second-order valence-electron chi connectivity index (χ2n) is 4.42. The number of halogens is 1. The molecule has 2 heterocycles. The first-order chi connectivity index (χ1) is 9.04. The molecule has 3 rings (SSSR count). The predicted molar refractivity (Wildman–Crippen MR) is 73.9 cm³/mol. The molecule has 1 aliphatic heterocycles. The highest BCUT2D eigenvalue weighted by atomic mass is 79.9. The van der Waals surface area contributed by atoms with E-state index in [0.717, 1.165) is 15.4 Å². The maximum absolute atomic E-state index is 11.9. The maximum atomic E-state index is 11.9. The minimum absolute atomic E-state index is 0.242. The van der Waals surface area contributed by atoms with E-state index in [1.165, 1.54) is 0 Å². The van der Waals surface area contributed by atoms with Crippen molar-refractivity contribution in [2.45, 2.75) is 6.42 Å². The van der Waals surface area contributed by atoms with Crippen LogP contribution in [-0.2, 0) is 11.8 Å². The number of imide groups is 1. The third-order valence-corrected chi connectivity index (χ3v) is 3.47. The highest BCUT2D eigenvalue weighted by Crippen LogP contribution is 2.30. The monoisotopic (exact) mass is 322 g/mol. The Bertz CT molecular complexity index is 694. The zero-order valence-corrected chi connectivity index (χ0v) is 11.8. The summed E-state index contributed by atoms with van der Waals surface area (Å²) in [7, 11) is 1.83. The zero-order chi connectivity index (χ0) is 13.6. The summed E-state index contributed by atoms with van der Waals surface area (Å²) >= 11 is 3.43. The van der Waals surface area contributed by atoms with Crippen molar-refractivity contribution in [3.63, 3.8) is 0 Å². The van der Waals surface area contributed by atoms with Gasteiger partial charge in [0.2, 0.25) is 5.91 Å². The molecule has 98 valence electrons. The quantitative estimate of drug-likeness (QED) is 0.870. The van der Waals surface area contributed by atoms with E-state index < -0.39 is 6.03 Å². The number of benzene rings is 1. The van der Waals surface area contributed by atoms with Crippen molar-refractivity contribution in [2.75, 3.05) is 11.4 Å². The number of carbonyl (C=O) groups excluding carboxylic acids is 2. The smallest absolute Gasteiger partial charge is 0.291 e. The molecule has 0 unspecified atom stereocenters. The van der Waals surface area contributed by atoms with Crippen molar-refractivity contribution < 1.29 is 9.59 Å². The first-order valence-electron chi connectivity index (χ1n) is 5.79. The molecule has 3 amide bonds. The fourth-order valence-corrected chi connectivity index (χ4v) is 2.66. The maximum Gasteiger partial charge on any atom is 0.328 e. The molecule has 0 spiro atoms. The number of amides is 3. The third-order valence-electron chi connectivity index (χ3n) is 3.01. The van der Waals surface area contributed by atoms with Crippen LogP contribution in [0, 0.1) is 0 Å². The van der Waals surface area contributed by atoms with Crippen LogP contribution < -0.4 is 10.2 Å². The van der Waals surface area contributed by atoms with Gasteiger partial charge in [0.1, 0.15) is 5.52 Å². The molecule has 0 aliphatic carbocycles. The van der Waals surface area contributed by atoms with Crippen LogP contribution in [0.4, 0.5) is 10.5 Å². The zero-order valence-electron chi connectivity index (χ0n) is 10.2. The van der Waals surface area contributed by atoms with Gasteiger partial charge in [-0.2, -0.15) is 5.10 Å². The molecule has 6 nitrogen and oxygen atoms in total. The number of fused-ring (bicyclic) bond motifs is 1. The lowest BCUT2D eigenvalue weighted by molar-refractivity contribution is -0.120. The first kappa shape index (κ1) is 12.2. The Morgan fingerprint density at radius 3 is 2.89 bits per heavy atom. The summed E-state index contributed by atoms with van der Waals surface area (Å²) in [6.07, 6.45) is 2.18. The highest BCUT2D eigenvalue weighted by molar-refractivity contribution is 9.10. The minimum Gasteiger partial charge on any atom is -0.291 e. The lowest BCUT2D eigenvalue weighted by Gasteiger charge is -2.26. The molecule has 19 heavy (non-hydrogen) atoms. The lowest BCUT2D eigenvalue weighted by atomic mass is 10.2. The van der Waals surface area contributed by atoms with Crippen LogP contribution in [0.5, 0.6) is 0 Å². The van der Waals surface area contributed by atoms with Gasteiger partial charge in [-0.1, -0.05) is 15.9 Å². The Hall–Kier alpha value is -1.89. The molecule has 1 N–H and O–H groups in total. The average molecular weight is 323 g/mol. The van der Waals surface area contributed by atoms with Crippen molar-refractivity contribution in [1.82, 2.24) is 15.1 Å². The fraction of sp³-hybridized carbons (Fsp3) is 0.250.